The Morgan fingerprint density at radius 1 is 1.61 bits per heavy atom. The number of carboxylic acids is 1. The zero-order chi connectivity index (χ0) is 13.1. The topological polar surface area (TPSA) is 76.4 Å². The minimum atomic E-state index is -0.869. The lowest BCUT2D eigenvalue weighted by atomic mass is 10.1. The highest BCUT2D eigenvalue weighted by atomic mass is 16.4. The van der Waals surface area contributed by atoms with E-state index in [1.54, 1.807) is 11.0 Å². The molecule has 1 aliphatic heterocycles. The van der Waals surface area contributed by atoms with Gasteiger partial charge in [-0.25, -0.2) is 4.79 Å². The van der Waals surface area contributed by atoms with Gasteiger partial charge in [0.1, 0.15) is 12.1 Å². The standard InChI is InChI=1S/C13H15N3O2/c1-9-2-3-11(10(6-9)7-14)16-5-4-15-8-12(16)13(17)18/h2-3,6,12,15H,4-5,8H2,1H3,(H,17,18). The third kappa shape index (κ3) is 2.29. The van der Waals surface area contributed by atoms with Gasteiger partial charge in [0.2, 0.25) is 0 Å². The molecule has 1 fully saturated rings. The number of aliphatic carboxylic acids is 1. The summed E-state index contributed by atoms with van der Waals surface area (Å²) >= 11 is 0. The molecule has 0 bridgehead atoms. The molecule has 5 heteroatoms. The lowest BCUT2D eigenvalue weighted by Crippen LogP contribution is -2.55. The van der Waals surface area contributed by atoms with Crippen molar-refractivity contribution in [3.05, 3.63) is 29.3 Å². The summed E-state index contributed by atoms with van der Waals surface area (Å²) < 4.78 is 0. The van der Waals surface area contributed by atoms with Crippen LogP contribution in [-0.4, -0.2) is 36.8 Å². The Morgan fingerprint density at radius 2 is 2.39 bits per heavy atom. The number of rotatable bonds is 2. The minimum absolute atomic E-state index is 0.397. The van der Waals surface area contributed by atoms with Crippen molar-refractivity contribution in [2.45, 2.75) is 13.0 Å². The highest BCUT2D eigenvalue weighted by Gasteiger charge is 2.29. The first kappa shape index (κ1) is 12.4. The number of hydrogen-bond donors (Lipinski definition) is 2. The molecule has 0 radical (unpaired) electrons. The maximum absolute atomic E-state index is 11.2. The van der Waals surface area contributed by atoms with Crippen LogP contribution in [0.3, 0.4) is 0 Å². The van der Waals surface area contributed by atoms with Crippen LogP contribution in [0.5, 0.6) is 0 Å². The van der Waals surface area contributed by atoms with Crippen molar-refractivity contribution < 1.29 is 9.90 Å². The molecule has 2 N–H and O–H groups in total. The van der Waals surface area contributed by atoms with Crippen LogP contribution in [0.25, 0.3) is 0 Å². The molecule has 0 amide bonds. The van der Waals surface area contributed by atoms with Crippen LogP contribution in [0, 0.1) is 18.3 Å². The summed E-state index contributed by atoms with van der Waals surface area (Å²) in [5, 5.41) is 21.4. The summed E-state index contributed by atoms with van der Waals surface area (Å²) in [4.78, 5) is 13.0. The zero-order valence-electron chi connectivity index (χ0n) is 10.2. The quantitative estimate of drug-likeness (QED) is 0.803. The molecule has 1 atom stereocenters. The van der Waals surface area contributed by atoms with Crippen molar-refractivity contribution in [2.24, 2.45) is 0 Å². The van der Waals surface area contributed by atoms with E-state index in [0.717, 1.165) is 12.1 Å². The summed E-state index contributed by atoms with van der Waals surface area (Å²) in [5.74, 6) is -0.869. The molecule has 1 unspecified atom stereocenters. The monoisotopic (exact) mass is 245 g/mol. The highest BCUT2D eigenvalue weighted by molar-refractivity contribution is 5.80. The number of nitrogens with zero attached hydrogens (tertiary/aromatic N) is 2. The molecule has 5 nitrogen and oxygen atoms in total. The van der Waals surface area contributed by atoms with Gasteiger partial charge in [-0.1, -0.05) is 6.07 Å². The van der Waals surface area contributed by atoms with Gasteiger partial charge in [-0.05, 0) is 24.6 Å². The number of piperazine rings is 1. The van der Waals surface area contributed by atoms with Crippen LogP contribution in [0.4, 0.5) is 5.69 Å². The van der Waals surface area contributed by atoms with E-state index in [0.29, 0.717) is 24.3 Å². The number of nitriles is 1. The first-order valence-electron chi connectivity index (χ1n) is 5.84. The van der Waals surface area contributed by atoms with Crippen molar-refractivity contribution in [3.63, 3.8) is 0 Å². The zero-order valence-corrected chi connectivity index (χ0v) is 10.2. The summed E-state index contributed by atoms with van der Waals surface area (Å²) in [6.45, 7) is 3.63. The van der Waals surface area contributed by atoms with Gasteiger partial charge in [0, 0.05) is 19.6 Å². The smallest absolute Gasteiger partial charge is 0.327 e. The van der Waals surface area contributed by atoms with Gasteiger partial charge in [0.25, 0.3) is 0 Å². The average Bonchev–Trinajstić information content (AvgIpc) is 2.38. The van der Waals surface area contributed by atoms with Crippen LogP contribution in [0.2, 0.25) is 0 Å². The fourth-order valence-electron chi connectivity index (χ4n) is 2.20. The third-order valence-electron chi connectivity index (χ3n) is 3.11. The van der Waals surface area contributed by atoms with Crippen LogP contribution < -0.4 is 10.2 Å². The molecule has 1 saturated heterocycles. The summed E-state index contributed by atoms with van der Waals surface area (Å²) in [6, 6.07) is 7.04. The predicted molar refractivity (Wildman–Crippen MR) is 67.5 cm³/mol. The second kappa shape index (κ2) is 5.07. The molecule has 0 spiro atoms. The van der Waals surface area contributed by atoms with Crippen molar-refractivity contribution in [2.75, 3.05) is 24.5 Å². The first-order valence-corrected chi connectivity index (χ1v) is 5.84. The second-order valence-electron chi connectivity index (χ2n) is 4.38. The summed E-state index contributed by atoms with van der Waals surface area (Å²) in [6.07, 6.45) is 0. The van der Waals surface area contributed by atoms with Gasteiger partial charge in [0.05, 0.1) is 11.3 Å². The molecule has 1 aromatic carbocycles. The summed E-state index contributed by atoms with van der Waals surface area (Å²) in [5.41, 5.74) is 2.23. The number of nitrogens with one attached hydrogen (secondary N) is 1. The number of hydrogen-bond acceptors (Lipinski definition) is 4. The maximum Gasteiger partial charge on any atom is 0.327 e. The number of carboxylic acid groups (broad SMARTS) is 1. The Bertz CT molecular complexity index is 507. The Balaban J connectivity index is 2.40. The van der Waals surface area contributed by atoms with Gasteiger partial charge < -0.3 is 15.3 Å². The van der Waals surface area contributed by atoms with Gasteiger partial charge in [-0.3, -0.25) is 0 Å². The Morgan fingerprint density at radius 3 is 3.06 bits per heavy atom. The molecular formula is C13H15N3O2. The van der Waals surface area contributed by atoms with Crippen molar-refractivity contribution in [3.8, 4) is 6.07 Å². The molecule has 0 aromatic heterocycles. The van der Waals surface area contributed by atoms with Crippen molar-refractivity contribution >= 4 is 11.7 Å². The normalized spacial score (nSPS) is 19.3. The summed E-state index contributed by atoms with van der Waals surface area (Å²) in [7, 11) is 0. The fourth-order valence-corrected chi connectivity index (χ4v) is 2.20. The van der Waals surface area contributed by atoms with Gasteiger partial charge in [-0.2, -0.15) is 5.26 Å². The van der Waals surface area contributed by atoms with E-state index in [1.165, 1.54) is 0 Å². The first-order chi connectivity index (χ1) is 8.63. The second-order valence-corrected chi connectivity index (χ2v) is 4.38. The maximum atomic E-state index is 11.2. The molecule has 0 aliphatic carbocycles. The molecule has 0 saturated carbocycles. The van der Waals surface area contributed by atoms with Crippen molar-refractivity contribution in [1.29, 1.82) is 5.26 Å². The van der Waals surface area contributed by atoms with E-state index in [2.05, 4.69) is 11.4 Å². The van der Waals surface area contributed by atoms with Gasteiger partial charge in [0.15, 0.2) is 0 Å². The average molecular weight is 245 g/mol. The van der Waals surface area contributed by atoms with E-state index in [4.69, 9.17) is 5.26 Å². The number of benzene rings is 1. The molecule has 2 rings (SSSR count). The van der Waals surface area contributed by atoms with E-state index < -0.39 is 12.0 Å². The SMILES string of the molecule is Cc1ccc(N2CCNCC2C(=O)O)c(C#N)c1. The fraction of sp³-hybridized carbons (Fsp3) is 0.385. The van der Waals surface area contributed by atoms with Crippen LogP contribution in [0.1, 0.15) is 11.1 Å². The van der Waals surface area contributed by atoms with E-state index >= 15 is 0 Å². The van der Waals surface area contributed by atoms with E-state index in [1.807, 2.05) is 19.1 Å². The van der Waals surface area contributed by atoms with Crippen LogP contribution in [-0.2, 0) is 4.79 Å². The third-order valence-corrected chi connectivity index (χ3v) is 3.11. The Hall–Kier alpha value is -2.06. The van der Waals surface area contributed by atoms with Gasteiger partial charge in [-0.15, -0.1) is 0 Å². The number of aryl methyl sites for hydroxylation is 1. The molecular weight excluding hydrogens is 230 g/mol. The lowest BCUT2D eigenvalue weighted by molar-refractivity contribution is -0.138. The predicted octanol–water partition coefficient (Wildman–Crippen LogP) is 0.730. The molecule has 1 aliphatic rings. The molecule has 1 aromatic rings. The van der Waals surface area contributed by atoms with Crippen molar-refractivity contribution in [1.82, 2.24) is 5.32 Å². The Kier molecular flexibility index (Phi) is 3.49. The van der Waals surface area contributed by atoms with E-state index in [-0.39, 0.29) is 0 Å². The van der Waals surface area contributed by atoms with Crippen LogP contribution in [0.15, 0.2) is 18.2 Å². The number of carbonyl (C=O) groups is 1. The molecule has 18 heavy (non-hydrogen) atoms. The molecule has 94 valence electrons. The number of anilines is 1. The highest BCUT2D eigenvalue weighted by Crippen LogP contribution is 2.24. The Labute approximate surface area is 106 Å². The largest absolute Gasteiger partial charge is 0.480 e. The minimum Gasteiger partial charge on any atom is -0.480 e. The van der Waals surface area contributed by atoms with E-state index in [9.17, 15) is 9.90 Å². The van der Waals surface area contributed by atoms with Gasteiger partial charge >= 0.3 is 5.97 Å². The molecule has 1 heterocycles. The van der Waals surface area contributed by atoms with Crippen LogP contribution >= 0.6 is 0 Å². The lowest BCUT2D eigenvalue weighted by Gasteiger charge is -2.35.